The lowest BCUT2D eigenvalue weighted by Gasteiger charge is -2.42. The Labute approximate surface area is 125 Å². The van der Waals surface area contributed by atoms with Gasteiger partial charge in [-0.25, -0.2) is 0 Å². The lowest BCUT2D eigenvalue weighted by Crippen LogP contribution is -2.46. The monoisotopic (exact) mass is 290 g/mol. The van der Waals surface area contributed by atoms with Crippen molar-refractivity contribution in [2.75, 3.05) is 19.8 Å². The van der Waals surface area contributed by atoms with E-state index in [2.05, 4.69) is 10.2 Å². The van der Waals surface area contributed by atoms with Gasteiger partial charge in [0.2, 0.25) is 0 Å². The number of carbonyl (C=O) groups is 1. The molecule has 2 aliphatic heterocycles. The Bertz CT molecular complexity index is 533. The SMILES string of the molecule is Cc1cc(C(=O)C2CCOC3(CCOCC3)C2)c(C)nn1. The van der Waals surface area contributed by atoms with Crippen LogP contribution in [0.25, 0.3) is 0 Å². The van der Waals surface area contributed by atoms with Gasteiger partial charge < -0.3 is 9.47 Å². The number of aryl methyl sites for hydroxylation is 2. The molecular formula is C16H22N2O3. The topological polar surface area (TPSA) is 61.3 Å². The van der Waals surface area contributed by atoms with Gasteiger partial charge in [0.05, 0.1) is 17.0 Å². The third-order valence-electron chi connectivity index (χ3n) is 4.63. The van der Waals surface area contributed by atoms with Gasteiger partial charge in [0.25, 0.3) is 0 Å². The summed E-state index contributed by atoms with van der Waals surface area (Å²) in [4.78, 5) is 12.8. The number of aromatic nitrogens is 2. The van der Waals surface area contributed by atoms with Crippen LogP contribution in [-0.4, -0.2) is 41.4 Å². The van der Waals surface area contributed by atoms with E-state index in [0.717, 1.165) is 55.8 Å². The summed E-state index contributed by atoms with van der Waals surface area (Å²) < 4.78 is 11.4. The fourth-order valence-electron chi connectivity index (χ4n) is 3.36. The highest BCUT2D eigenvalue weighted by atomic mass is 16.5. The summed E-state index contributed by atoms with van der Waals surface area (Å²) in [5.74, 6) is 0.221. The van der Waals surface area contributed by atoms with Crippen molar-refractivity contribution in [1.82, 2.24) is 10.2 Å². The van der Waals surface area contributed by atoms with Crippen LogP contribution < -0.4 is 0 Å². The normalized spacial score (nSPS) is 25.0. The highest BCUT2D eigenvalue weighted by molar-refractivity contribution is 5.98. The van der Waals surface area contributed by atoms with Gasteiger partial charge in [0, 0.05) is 31.3 Å². The molecule has 1 unspecified atom stereocenters. The first kappa shape index (κ1) is 14.6. The van der Waals surface area contributed by atoms with Crippen LogP contribution in [0.3, 0.4) is 0 Å². The number of Topliss-reactive ketones (excluding diaryl/α,β-unsaturated/α-hetero) is 1. The summed E-state index contributed by atoms with van der Waals surface area (Å²) in [7, 11) is 0. The average Bonchev–Trinajstić information content (AvgIpc) is 2.50. The van der Waals surface area contributed by atoms with E-state index in [1.807, 2.05) is 19.9 Å². The van der Waals surface area contributed by atoms with E-state index >= 15 is 0 Å². The van der Waals surface area contributed by atoms with Crippen molar-refractivity contribution < 1.29 is 14.3 Å². The number of nitrogens with zero attached hydrogens (tertiary/aromatic N) is 2. The molecule has 0 aromatic carbocycles. The first-order valence-electron chi connectivity index (χ1n) is 7.66. The minimum atomic E-state index is -0.153. The summed E-state index contributed by atoms with van der Waals surface area (Å²) in [6.45, 7) is 5.84. The first-order chi connectivity index (χ1) is 10.1. The maximum Gasteiger partial charge on any atom is 0.168 e. The minimum absolute atomic E-state index is 0.0270. The fourth-order valence-corrected chi connectivity index (χ4v) is 3.36. The largest absolute Gasteiger partial charge is 0.381 e. The zero-order valence-corrected chi connectivity index (χ0v) is 12.7. The molecule has 0 amide bonds. The molecule has 0 aliphatic carbocycles. The third-order valence-corrected chi connectivity index (χ3v) is 4.63. The highest BCUT2D eigenvalue weighted by Crippen LogP contribution is 2.38. The maximum atomic E-state index is 12.8. The summed E-state index contributed by atoms with van der Waals surface area (Å²) in [5, 5.41) is 8.08. The van der Waals surface area contributed by atoms with Crippen LogP contribution in [0.5, 0.6) is 0 Å². The molecule has 0 N–H and O–H groups in total. The van der Waals surface area contributed by atoms with Crippen LogP contribution in [0.2, 0.25) is 0 Å². The van der Waals surface area contributed by atoms with Crippen molar-refractivity contribution in [3.63, 3.8) is 0 Å². The summed E-state index contributed by atoms with van der Waals surface area (Å²) in [6.07, 6.45) is 3.38. The zero-order chi connectivity index (χ0) is 14.9. The molecule has 1 aromatic heterocycles. The van der Waals surface area contributed by atoms with Crippen LogP contribution in [-0.2, 0) is 9.47 Å². The van der Waals surface area contributed by atoms with Gasteiger partial charge in [-0.05, 0) is 45.6 Å². The van der Waals surface area contributed by atoms with Crippen molar-refractivity contribution in [2.45, 2.75) is 45.1 Å². The van der Waals surface area contributed by atoms with E-state index in [9.17, 15) is 4.79 Å². The molecular weight excluding hydrogens is 268 g/mol. The Balaban J connectivity index is 1.79. The number of carbonyl (C=O) groups excluding carboxylic acids is 1. The fraction of sp³-hybridized carbons (Fsp3) is 0.688. The maximum absolute atomic E-state index is 12.8. The molecule has 3 rings (SSSR count). The van der Waals surface area contributed by atoms with Crippen LogP contribution in [0.1, 0.15) is 47.4 Å². The lowest BCUT2D eigenvalue weighted by molar-refractivity contribution is -0.142. The molecule has 2 fully saturated rings. The molecule has 1 aromatic rings. The van der Waals surface area contributed by atoms with Gasteiger partial charge in [-0.1, -0.05) is 0 Å². The van der Waals surface area contributed by atoms with Gasteiger partial charge in [0.1, 0.15) is 0 Å². The molecule has 1 spiro atoms. The molecule has 3 heterocycles. The van der Waals surface area contributed by atoms with Gasteiger partial charge in [-0.2, -0.15) is 10.2 Å². The highest BCUT2D eigenvalue weighted by Gasteiger charge is 2.41. The molecule has 2 aliphatic rings. The van der Waals surface area contributed by atoms with E-state index in [4.69, 9.17) is 9.47 Å². The quantitative estimate of drug-likeness (QED) is 0.782. The van der Waals surface area contributed by atoms with Crippen LogP contribution in [0, 0.1) is 19.8 Å². The van der Waals surface area contributed by atoms with Crippen molar-refractivity contribution >= 4 is 5.78 Å². The Morgan fingerprint density at radius 3 is 2.76 bits per heavy atom. The molecule has 5 nitrogen and oxygen atoms in total. The number of ketones is 1. The molecule has 114 valence electrons. The van der Waals surface area contributed by atoms with E-state index in [1.54, 1.807) is 0 Å². The second kappa shape index (κ2) is 5.81. The van der Waals surface area contributed by atoms with Crippen molar-refractivity contribution in [3.05, 3.63) is 23.0 Å². The second-order valence-corrected chi connectivity index (χ2v) is 6.18. The Hall–Kier alpha value is -1.33. The molecule has 5 heteroatoms. The van der Waals surface area contributed by atoms with Gasteiger partial charge in [-0.3, -0.25) is 4.79 Å². The van der Waals surface area contributed by atoms with Gasteiger partial charge >= 0.3 is 0 Å². The molecule has 0 saturated carbocycles. The van der Waals surface area contributed by atoms with Crippen molar-refractivity contribution in [3.8, 4) is 0 Å². The number of hydrogen-bond acceptors (Lipinski definition) is 5. The van der Waals surface area contributed by atoms with Crippen LogP contribution >= 0.6 is 0 Å². The van der Waals surface area contributed by atoms with Crippen molar-refractivity contribution in [1.29, 1.82) is 0 Å². The number of rotatable bonds is 2. The van der Waals surface area contributed by atoms with Gasteiger partial charge in [0.15, 0.2) is 5.78 Å². The standard InChI is InChI=1S/C16H22N2O3/c1-11-9-14(12(2)18-17-11)15(19)13-3-6-21-16(10-13)4-7-20-8-5-16/h9,13H,3-8,10H2,1-2H3. The Morgan fingerprint density at radius 2 is 2.00 bits per heavy atom. The van der Waals surface area contributed by atoms with E-state index in [1.165, 1.54) is 0 Å². The van der Waals surface area contributed by atoms with Crippen LogP contribution in [0.4, 0.5) is 0 Å². The number of hydrogen-bond donors (Lipinski definition) is 0. The Kier molecular flexibility index (Phi) is 4.04. The smallest absolute Gasteiger partial charge is 0.168 e. The van der Waals surface area contributed by atoms with Gasteiger partial charge in [-0.15, -0.1) is 0 Å². The third kappa shape index (κ3) is 2.99. The van der Waals surface area contributed by atoms with E-state index < -0.39 is 0 Å². The summed E-state index contributed by atoms with van der Waals surface area (Å²) in [5.41, 5.74) is 2.08. The van der Waals surface area contributed by atoms with E-state index in [-0.39, 0.29) is 17.3 Å². The zero-order valence-electron chi connectivity index (χ0n) is 12.7. The predicted molar refractivity (Wildman–Crippen MR) is 77.3 cm³/mol. The number of ether oxygens (including phenoxy) is 2. The molecule has 0 radical (unpaired) electrons. The minimum Gasteiger partial charge on any atom is -0.381 e. The van der Waals surface area contributed by atoms with Crippen LogP contribution in [0.15, 0.2) is 6.07 Å². The first-order valence-corrected chi connectivity index (χ1v) is 7.66. The van der Waals surface area contributed by atoms with Crippen molar-refractivity contribution in [2.24, 2.45) is 5.92 Å². The Morgan fingerprint density at radius 1 is 1.24 bits per heavy atom. The lowest BCUT2D eigenvalue weighted by atomic mass is 9.78. The summed E-state index contributed by atoms with van der Waals surface area (Å²) in [6, 6.07) is 1.86. The summed E-state index contributed by atoms with van der Waals surface area (Å²) >= 11 is 0. The molecule has 0 bridgehead atoms. The molecule has 21 heavy (non-hydrogen) atoms. The van der Waals surface area contributed by atoms with E-state index in [0.29, 0.717) is 6.61 Å². The molecule has 2 saturated heterocycles. The average molecular weight is 290 g/mol. The predicted octanol–water partition coefficient (Wildman–Crippen LogP) is 2.25. The second-order valence-electron chi connectivity index (χ2n) is 6.18. The molecule has 1 atom stereocenters.